The second-order valence-corrected chi connectivity index (χ2v) is 10.6. The summed E-state index contributed by atoms with van der Waals surface area (Å²) < 4.78 is 41.2. The van der Waals surface area contributed by atoms with Crippen LogP contribution in [0.15, 0.2) is 79.0 Å². The van der Waals surface area contributed by atoms with Gasteiger partial charge >= 0.3 is 6.18 Å². The molecule has 2 saturated heterocycles. The summed E-state index contributed by atoms with van der Waals surface area (Å²) in [6.07, 6.45) is -2.69. The van der Waals surface area contributed by atoms with Crippen molar-refractivity contribution in [2.45, 2.75) is 24.8 Å². The quantitative estimate of drug-likeness (QED) is 0.381. The van der Waals surface area contributed by atoms with Crippen LogP contribution in [0.1, 0.15) is 31.8 Å². The molecule has 198 valence electrons. The van der Waals surface area contributed by atoms with E-state index in [4.69, 9.17) is 0 Å². The van der Waals surface area contributed by atoms with E-state index in [0.29, 0.717) is 30.9 Å². The number of carbonyl (C=O) groups is 2. The van der Waals surface area contributed by atoms with Crippen molar-refractivity contribution >= 4 is 22.7 Å². The molecule has 4 aromatic rings. The van der Waals surface area contributed by atoms with Gasteiger partial charge in [0.2, 0.25) is 0 Å². The minimum Gasteiger partial charge on any atom is -0.335 e. The summed E-state index contributed by atoms with van der Waals surface area (Å²) >= 11 is 0. The molecule has 2 amide bonds. The lowest BCUT2D eigenvalue weighted by Crippen LogP contribution is -2.70. The van der Waals surface area contributed by atoms with Crippen LogP contribution < -0.4 is 0 Å². The second-order valence-electron chi connectivity index (χ2n) is 10.6. The monoisotopic (exact) mass is 530 g/mol. The molecule has 0 N–H and O–H groups in total. The molecule has 6 nitrogen and oxygen atoms in total. The number of nitrogens with zero attached hydrogens (tertiary/aromatic N) is 4. The fourth-order valence-electron chi connectivity index (χ4n) is 5.92. The van der Waals surface area contributed by atoms with Gasteiger partial charge in [-0.15, -0.1) is 0 Å². The predicted octanol–water partition coefficient (Wildman–Crippen LogP) is 4.81. The predicted molar refractivity (Wildman–Crippen MR) is 140 cm³/mol. The number of hydrogen-bond acceptors (Lipinski definition) is 3. The van der Waals surface area contributed by atoms with Crippen LogP contribution in [0, 0.1) is 0 Å². The highest BCUT2D eigenvalue weighted by Crippen LogP contribution is 2.33. The van der Waals surface area contributed by atoms with Gasteiger partial charge in [0.25, 0.3) is 11.8 Å². The van der Waals surface area contributed by atoms with E-state index in [1.165, 1.54) is 6.07 Å². The van der Waals surface area contributed by atoms with Crippen LogP contribution in [-0.2, 0) is 12.7 Å². The third kappa shape index (κ3) is 3.99. The van der Waals surface area contributed by atoms with Crippen molar-refractivity contribution in [2.75, 3.05) is 26.2 Å². The topological polar surface area (TPSA) is 48.8 Å². The van der Waals surface area contributed by atoms with E-state index < -0.39 is 11.7 Å². The van der Waals surface area contributed by atoms with Gasteiger partial charge in [0.05, 0.1) is 17.1 Å². The van der Waals surface area contributed by atoms with E-state index in [-0.39, 0.29) is 23.9 Å². The van der Waals surface area contributed by atoms with Crippen LogP contribution in [-0.4, -0.2) is 69.3 Å². The average Bonchev–Trinajstić information content (AvgIpc) is 3.44. The Labute approximate surface area is 222 Å². The van der Waals surface area contributed by atoms with Crippen molar-refractivity contribution in [3.8, 4) is 5.69 Å². The van der Waals surface area contributed by atoms with E-state index in [1.807, 2.05) is 40.1 Å². The minimum absolute atomic E-state index is 0.0535. The van der Waals surface area contributed by atoms with Gasteiger partial charge < -0.3 is 14.4 Å². The molecular weight excluding hydrogens is 505 g/mol. The van der Waals surface area contributed by atoms with E-state index in [0.717, 1.165) is 47.3 Å². The number of fused-ring (bicyclic) bond motifs is 2. The Morgan fingerprint density at radius 3 is 2.41 bits per heavy atom. The number of amides is 2. The van der Waals surface area contributed by atoms with Gasteiger partial charge in [0.1, 0.15) is 0 Å². The summed E-state index contributed by atoms with van der Waals surface area (Å²) in [6.45, 7) is 3.59. The Balaban J connectivity index is 0.977. The van der Waals surface area contributed by atoms with E-state index in [1.54, 1.807) is 35.0 Å². The number of carbonyl (C=O) groups excluding carboxylic acids is 2. The van der Waals surface area contributed by atoms with Gasteiger partial charge in [-0.3, -0.25) is 14.5 Å². The highest BCUT2D eigenvalue weighted by atomic mass is 19.4. The molecule has 0 bridgehead atoms. The zero-order valence-corrected chi connectivity index (χ0v) is 20.9. The smallest absolute Gasteiger partial charge is 0.335 e. The molecule has 3 aromatic carbocycles. The number of aromatic nitrogens is 1. The van der Waals surface area contributed by atoms with Gasteiger partial charge in [-0.1, -0.05) is 24.3 Å². The summed E-state index contributed by atoms with van der Waals surface area (Å²) in [6, 6.07) is 20.6. The van der Waals surface area contributed by atoms with Crippen molar-refractivity contribution in [1.82, 2.24) is 19.3 Å². The molecule has 0 aliphatic carbocycles. The van der Waals surface area contributed by atoms with Crippen LogP contribution in [0.5, 0.6) is 0 Å². The highest BCUT2D eigenvalue weighted by molar-refractivity contribution is 5.99. The summed E-state index contributed by atoms with van der Waals surface area (Å²) in [5, 5.41) is 0.789. The molecule has 0 radical (unpaired) electrons. The van der Waals surface area contributed by atoms with Gasteiger partial charge in [-0.25, -0.2) is 0 Å². The first-order valence-electron chi connectivity index (χ1n) is 13.0. The third-order valence-electron chi connectivity index (χ3n) is 8.24. The fraction of sp³-hybridized carbons (Fsp3) is 0.267. The number of benzene rings is 3. The van der Waals surface area contributed by atoms with E-state index in [9.17, 15) is 22.8 Å². The molecule has 3 aliphatic rings. The zero-order chi connectivity index (χ0) is 26.9. The van der Waals surface area contributed by atoms with Crippen molar-refractivity contribution in [2.24, 2.45) is 0 Å². The van der Waals surface area contributed by atoms with E-state index in [2.05, 4.69) is 4.90 Å². The van der Waals surface area contributed by atoms with Gasteiger partial charge in [-0.2, -0.15) is 13.2 Å². The van der Waals surface area contributed by atoms with Crippen LogP contribution in [0.25, 0.3) is 16.6 Å². The maximum Gasteiger partial charge on any atom is 0.416 e. The summed E-state index contributed by atoms with van der Waals surface area (Å²) in [5.41, 5.74) is 2.90. The number of alkyl halides is 3. The van der Waals surface area contributed by atoms with Crippen molar-refractivity contribution in [1.29, 1.82) is 0 Å². The first-order valence-corrected chi connectivity index (χ1v) is 13.0. The lowest BCUT2D eigenvalue weighted by molar-refractivity contribution is -0.137. The normalized spacial score (nSPS) is 18.4. The molecule has 7 rings (SSSR count). The van der Waals surface area contributed by atoms with Gasteiger partial charge in [0.15, 0.2) is 0 Å². The zero-order valence-electron chi connectivity index (χ0n) is 20.9. The first kappa shape index (κ1) is 24.0. The summed E-state index contributed by atoms with van der Waals surface area (Å²) in [7, 11) is 0. The number of likely N-dealkylation sites (tertiary alicyclic amines) is 2. The van der Waals surface area contributed by atoms with Crippen LogP contribution in [0.4, 0.5) is 13.2 Å². The number of halogens is 3. The lowest BCUT2D eigenvalue weighted by atomic mass is 9.97. The first-order chi connectivity index (χ1) is 18.8. The molecule has 0 spiro atoms. The Kier molecular flexibility index (Phi) is 5.35. The highest BCUT2D eigenvalue weighted by Gasteiger charge is 2.45. The summed E-state index contributed by atoms with van der Waals surface area (Å²) in [4.78, 5) is 32.0. The lowest BCUT2D eigenvalue weighted by Gasteiger charge is -2.53. The Morgan fingerprint density at radius 2 is 1.64 bits per heavy atom. The standard InChI is InChI=1S/C30H25F3N4O2/c31-30(32,33)22-5-3-6-23(13-22)36-11-10-19-12-20(8-9-27(19)36)28(38)35-15-24(16-35)34-17-25(18-34)37-14-21-4-1-2-7-26(21)29(37)39/h1-13,24-25H,14-18H2. The Bertz CT molecular complexity index is 1620. The molecule has 2 fully saturated rings. The summed E-state index contributed by atoms with van der Waals surface area (Å²) in [5.74, 6) is 0.0557. The van der Waals surface area contributed by atoms with Crippen LogP contribution in [0.3, 0.4) is 0 Å². The third-order valence-corrected chi connectivity index (χ3v) is 8.24. The number of rotatable bonds is 4. The molecule has 0 unspecified atom stereocenters. The average molecular weight is 531 g/mol. The molecule has 0 atom stereocenters. The largest absolute Gasteiger partial charge is 0.416 e. The molecule has 1 aromatic heterocycles. The van der Waals surface area contributed by atoms with Crippen molar-refractivity contribution < 1.29 is 22.8 Å². The van der Waals surface area contributed by atoms with Crippen LogP contribution in [0.2, 0.25) is 0 Å². The van der Waals surface area contributed by atoms with Crippen molar-refractivity contribution in [3.63, 3.8) is 0 Å². The second kappa shape index (κ2) is 8.71. The Morgan fingerprint density at radius 1 is 0.846 bits per heavy atom. The van der Waals surface area contributed by atoms with Crippen molar-refractivity contribution in [3.05, 3.63) is 101 Å². The maximum absolute atomic E-state index is 13.2. The minimum atomic E-state index is -4.41. The van der Waals surface area contributed by atoms with Crippen LogP contribution >= 0.6 is 0 Å². The molecule has 4 heterocycles. The van der Waals surface area contributed by atoms with Gasteiger partial charge in [-0.05, 0) is 54.1 Å². The molecular formula is C30H25F3N4O2. The molecule has 3 aliphatic heterocycles. The molecule has 39 heavy (non-hydrogen) atoms. The maximum atomic E-state index is 13.2. The van der Waals surface area contributed by atoms with Gasteiger partial charge in [0, 0.05) is 67.2 Å². The Hall–Kier alpha value is -4.11. The van der Waals surface area contributed by atoms with E-state index >= 15 is 0 Å². The SMILES string of the molecule is O=C(c1ccc2c(ccn2-c2cccc(C(F)(F)F)c2)c1)N1CC(N2CC(N3Cc4ccccc4C3=O)C2)C1. The number of hydrogen-bond donors (Lipinski definition) is 0. The fourth-order valence-corrected chi connectivity index (χ4v) is 5.92. The molecule has 9 heteroatoms. The molecule has 0 saturated carbocycles.